The molecule has 5 heteroatoms. The molecule has 20 heavy (non-hydrogen) atoms. The third-order valence-corrected chi connectivity index (χ3v) is 3.24. The number of halogens is 3. The average Bonchev–Trinajstić information content (AvgIpc) is 2.36. The molecule has 2 unspecified atom stereocenters. The van der Waals surface area contributed by atoms with Crippen LogP contribution >= 0.6 is 0 Å². The molecule has 0 spiro atoms. The van der Waals surface area contributed by atoms with Gasteiger partial charge in [0.2, 0.25) is 0 Å². The van der Waals surface area contributed by atoms with Crippen molar-refractivity contribution in [3.63, 3.8) is 0 Å². The van der Waals surface area contributed by atoms with Crippen LogP contribution in [0.4, 0.5) is 13.2 Å². The first-order chi connectivity index (χ1) is 9.21. The van der Waals surface area contributed by atoms with Crippen LogP contribution in [-0.2, 0) is 6.18 Å². The van der Waals surface area contributed by atoms with E-state index in [0.717, 1.165) is 25.0 Å². The number of nitrogens with two attached hydrogens (primary N) is 1. The zero-order chi connectivity index (χ0) is 15.3. The first kappa shape index (κ1) is 16.7. The number of alkyl halides is 3. The highest BCUT2D eigenvalue weighted by Gasteiger charge is 2.30. The predicted octanol–water partition coefficient (Wildman–Crippen LogP) is 4.04. The Morgan fingerprint density at radius 3 is 2.15 bits per heavy atom. The summed E-state index contributed by atoms with van der Waals surface area (Å²) in [6, 6.07) is 4.48. The molecular formula is C15H20F3NO. The molecule has 0 fully saturated rings. The molecule has 0 bridgehead atoms. The fraction of sp³-hybridized carbons (Fsp3) is 0.533. The van der Waals surface area contributed by atoms with Crippen molar-refractivity contribution in [3.8, 4) is 0 Å². The van der Waals surface area contributed by atoms with E-state index >= 15 is 0 Å². The molecule has 2 nitrogen and oxygen atoms in total. The van der Waals surface area contributed by atoms with Gasteiger partial charge in [-0.1, -0.05) is 25.5 Å². The van der Waals surface area contributed by atoms with E-state index in [0.29, 0.717) is 12.0 Å². The lowest BCUT2D eigenvalue weighted by atomic mass is 9.93. The molecule has 0 aliphatic carbocycles. The van der Waals surface area contributed by atoms with Crippen molar-refractivity contribution >= 4 is 5.78 Å². The van der Waals surface area contributed by atoms with Crippen LogP contribution in [0.15, 0.2) is 24.3 Å². The third-order valence-electron chi connectivity index (χ3n) is 3.24. The fourth-order valence-corrected chi connectivity index (χ4v) is 1.99. The zero-order valence-electron chi connectivity index (χ0n) is 11.7. The van der Waals surface area contributed by atoms with Gasteiger partial charge in [0.1, 0.15) is 0 Å². The Hall–Kier alpha value is -1.36. The summed E-state index contributed by atoms with van der Waals surface area (Å²) in [7, 11) is 0. The second kappa shape index (κ2) is 6.88. The number of hydrogen-bond donors (Lipinski definition) is 1. The molecule has 2 atom stereocenters. The van der Waals surface area contributed by atoms with Crippen molar-refractivity contribution in [1.82, 2.24) is 0 Å². The molecule has 0 aromatic heterocycles. The molecule has 0 heterocycles. The number of ketones is 1. The van der Waals surface area contributed by atoms with Gasteiger partial charge in [0.25, 0.3) is 0 Å². The lowest BCUT2D eigenvalue weighted by Crippen LogP contribution is -2.16. The highest BCUT2D eigenvalue weighted by atomic mass is 19.4. The first-order valence-electron chi connectivity index (χ1n) is 6.69. The van der Waals surface area contributed by atoms with E-state index in [4.69, 9.17) is 5.73 Å². The van der Waals surface area contributed by atoms with E-state index in [9.17, 15) is 18.0 Å². The van der Waals surface area contributed by atoms with Crippen LogP contribution in [0.1, 0.15) is 49.0 Å². The Balaban J connectivity index is 2.63. The third kappa shape index (κ3) is 4.96. The maximum atomic E-state index is 12.4. The van der Waals surface area contributed by atoms with Crippen LogP contribution in [0, 0.1) is 5.92 Å². The quantitative estimate of drug-likeness (QED) is 0.802. The van der Waals surface area contributed by atoms with Crippen LogP contribution in [0.3, 0.4) is 0 Å². The highest BCUT2D eigenvalue weighted by molar-refractivity contribution is 5.97. The van der Waals surface area contributed by atoms with Gasteiger partial charge in [0, 0.05) is 17.5 Å². The fourth-order valence-electron chi connectivity index (χ4n) is 1.99. The average molecular weight is 287 g/mol. The Labute approximate surface area is 117 Å². The van der Waals surface area contributed by atoms with E-state index in [1.54, 1.807) is 6.92 Å². The van der Waals surface area contributed by atoms with Gasteiger partial charge < -0.3 is 5.73 Å². The summed E-state index contributed by atoms with van der Waals surface area (Å²) < 4.78 is 37.3. The van der Waals surface area contributed by atoms with Gasteiger partial charge in [-0.05, 0) is 31.9 Å². The second-order valence-electron chi connectivity index (χ2n) is 5.25. The Morgan fingerprint density at radius 1 is 1.15 bits per heavy atom. The standard InChI is InChI=1S/C15H20F3NO/c1-10(4-3-5-11(2)19)14(20)12-6-8-13(9-7-12)15(16,17)18/h6-11H,3-5,19H2,1-2H3. The number of hydrogen-bond acceptors (Lipinski definition) is 2. The van der Waals surface area contributed by atoms with E-state index in [1.165, 1.54) is 12.1 Å². The molecule has 0 saturated heterocycles. The van der Waals surface area contributed by atoms with Gasteiger partial charge in [-0.2, -0.15) is 13.2 Å². The van der Waals surface area contributed by atoms with E-state index in [1.807, 2.05) is 6.92 Å². The SMILES string of the molecule is CC(N)CCCC(C)C(=O)c1ccc(C(F)(F)F)cc1. The van der Waals surface area contributed by atoms with E-state index < -0.39 is 11.7 Å². The van der Waals surface area contributed by atoms with Gasteiger partial charge in [-0.15, -0.1) is 0 Å². The Kier molecular flexibility index (Phi) is 5.74. The lowest BCUT2D eigenvalue weighted by molar-refractivity contribution is -0.137. The molecule has 0 aliphatic heterocycles. The van der Waals surface area contributed by atoms with Crippen molar-refractivity contribution in [2.45, 2.75) is 45.3 Å². The number of Topliss-reactive ketones (excluding diaryl/α,β-unsaturated/α-hetero) is 1. The van der Waals surface area contributed by atoms with Gasteiger partial charge in [0.05, 0.1) is 5.56 Å². The van der Waals surface area contributed by atoms with Gasteiger partial charge in [0.15, 0.2) is 5.78 Å². The van der Waals surface area contributed by atoms with Gasteiger partial charge in [-0.3, -0.25) is 4.79 Å². The van der Waals surface area contributed by atoms with Gasteiger partial charge >= 0.3 is 6.18 Å². The molecule has 112 valence electrons. The summed E-state index contributed by atoms with van der Waals surface area (Å²) in [6.45, 7) is 3.70. The molecule has 0 radical (unpaired) electrons. The van der Waals surface area contributed by atoms with Crippen molar-refractivity contribution in [1.29, 1.82) is 0 Å². The van der Waals surface area contributed by atoms with Gasteiger partial charge in [-0.25, -0.2) is 0 Å². The number of rotatable bonds is 6. The lowest BCUT2D eigenvalue weighted by Gasteiger charge is -2.12. The summed E-state index contributed by atoms with van der Waals surface area (Å²) in [4.78, 5) is 12.1. The van der Waals surface area contributed by atoms with Crippen molar-refractivity contribution in [2.24, 2.45) is 11.7 Å². The molecule has 1 aromatic rings. The maximum Gasteiger partial charge on any atom is 0.416 e. The van der Waals surface area contributed by atoms with Crippen LogP contribution in [0.2, 0.25) is 0 Å². The smallest absolute Gasteiger partial charge is 0.328 e. The largest absolute Gasteiger partial charge is 0.416 e. The summed E-state index contributed by atoms with van der Waals surface area (Å²) in [5.41, 5.74) is 5.22. The minimum Gasteiger partial charge on any atom is -0.328 e. The summed E-state index contributed by atoms with van der Waals surface area (Å²) in [6.07, 6.45) is -2.00. The highest BCUT2D eigenvalue weighted by Crippen LogP contribution is 2.29. The number of carbonyl (C=O) groups excluding carboxylic acids is 1. The zero-order valence-corrected chi connectivity index (χ0v) is 11.7. The van der Waals surface area contributed by atoms with E-state index in [-0.39, 0.29) is 17.7 Å². The Morgan fingerprint density at radius 2 is 1.70 bits per heavy atom. The molecule has 0 saturated carbocycles. The normalized spacial score (nSPS) is 14.9. The molecule has 0 amide bonds. The summed E-state index contributed by atoms with van der Waals surface area (Å²) in [5, 5.41) is 0. The van der Waals surface area contributed by atoms with Crippen molar-refractivity contribution in [2.75, 3.05) is 0 Å². The van der Waals surface area contributed by atoms with E-state index in [2.05, 4.69) is 0 Å². The number of carbonyl (C=O) groups is 1. The van der Waals surface area contributed by atoms with Crippen LogP contribution in [0.5, 0.6) is 0 Å². The van der Waals surface area contributed by atoms with Crippen LogP contribution in [-0.4, -0.2) is 11.8 Å². The first-order valence-corrected chi connectivity index (χ1v) is 6.69. The predicted molar refractivity (Wildman–Crippen MR) is 72.4 cm³/mol. The minimum atomic E-state index is -4.37. The maximum absolute atomic E-state index is 12.4. The van der Waals surface area contributed by atoms with Crippen molar-refractivity contribution in [3.05, 3.63) is 35.4 Å². The molecule has 0 aliphatic rings. The molecule has 1 rings (SSSR count). The molecule has 2 N–H and O–H groups in total. The topological polar surface area (TPSA) is 43.1 Å². The Bertz CT molecular complexity index is 437. The summed E-state index contributed by atoms with van der Waals surface area (Å²) in [5.74, 6) is -0.325. The minimum absolute atomic E-state index is 0.100. The second-order valence-corrected chi connectivity index (χ2v) is 5.25. The molecular weight excluding hydrogens is 267 g/mol. The molecule has 1 aromatic carbocycles. The van der Waals surface area contributed by atoms with Crippen LogP contribution in [0.25, 0.3) is 0 Å². The van der Waals surface area contributed by atoms with Crippen molar-refractivity contribution < 1.29 is 18.0 Å². The number of benzene rings is 1. The monoisotopic (exact) mass is 287 g/mol. The van der Waals surface area contributed by atoms with Crippen LogP contribution < -0.4 is 5.73 Å². The summed E-state index contributed by atoms with van der Waals surface area (Å²) >= 11 is 0.